The van der Waals surface area contributed by atoms with Gasteiger partial charge in [0.1, 0.15) is 5.75 Å². The van der Waals surface area contributed by atoms with Crippen molar-refractivity contribution in [2.75, 3.05) is 39.5 Å². The van der Waals surface area contributed by atoms with E-state index in [0.29, 0.717) is 11.8 Å². The maximum atomic E-state index is 12.2. The molecule has 0 bridgehead atoms. The first-order valence-electron chi connectivity index (χ1n) is 8.87. The number of rotatable bonds is 7. The highest BCUT2D eigenvalue weighted by molar-refractivity contribution is 7.93. The van der Waals surface area contributed by atoms with Gasteiger partial charge >= 0.3 is 0 Å². The molecule has 0 radical (unpaired) electrons. The van der Waals surface area contributed by atoms with Crippen molar-refractivity contribution in [2.24, 2.45) is 22.1 Å². The quantitative estimate of drug-likeness (QED) is 0.750. The largest absolute Gasteiger partial charge is 0.493 e. The number of likely N-dealkylation sites (tertiary alicyclic amines) is 1. The van der Waals surface area contributed by atoms with E-state index >= 15 is 0 Å². The fourth-order valence-corrected chi connectivity index (χ4v) is 3.93. The molecule has 0 N–H and O–H groups in total. The molecule has 1 saturated heterocycles. The third kappa shape index (κ3) is 5.21. The first-order chi connectivity index (χ1) is 11.3. The maximum Gasteiger partial charge on any atom is 0.119 e. The Morgan fingerprint density at radius 2 is 1.96 bits per heavy atom. The van der Waals surface area contributed by atoms with E-state index in [2.05, 4.69) is 30.0 Å². The third-order valence-corrected chi connectivity index (χ3v) is 6.78. The lowest BCUT2D eigenvalue weighted by atomic mass is 9.99. The number of benzene rings is 1. The van der Waals surface area contributed by atoms with Crippen molar-refractivity contribution in [1.29, 1.82) is 0 Å². The molecule has 0 aliphatic carbocycles. The Kier molecular flexibility index (Phi) is 6.70. The zero-order valence-electron chi connectivity index (χ0n) is 15.7. The monoisotopic (exact) mass is 352 g/mol. The molecule has 1 heterocycles. The van der Waals surface area contributed by atoms with Gasteiger partial charge in [0.05, 0.1) is 16.3 Å². The molecule has 5 heteroatoms. The molecule has 1 fully saturated rings. The van der Waals surface area contributed by atoms with Gasteiger partial charge in [0.2, 0.25) is 0 Å². The summed E-state index contributed by atoms with van der Waals surface area (Å²) in [5, 5.41) is 0. The summed E-state index contributed by atoms with van der Waals surface area (Å²) in [6.45, 7) is 11.1. The maximum absolute atomic E-state index is 12.2. The highest BCUT2D eigenvalue weighted by Gasteiger charge is 2.29. The summed E-state index contributed by atoms with van der Waals surface area (Å²) >= 11 is 0. The minimum atomic E-state index is -2.26. The first kappa shape index (κ1) is 19.3. The van der Waals surface area contributed by atoms with Gasteiger partial charge in [-0.2, -0.15) is 0 Å². The summed E-state index contributed by atoms with van der Waals surface area (Å²) in [5.41, 5.74) is 0. The second-order valence-corrected chi connectivity index (χ2v) is 9.89. The molecule has 4 nitrogen and oxygen atoms in total. The van der Waals surface area contributed by atoms with E-state index in [1.165, 1.54) is 19.5 Å². The molecule has 0 aromatic heterocycles. The van der Waals surface area contributed by atoms with Gasteiger partial charge in [-0.1, -0.05) is 20.8 Å². The summed E-state index contributed by atoms with van der Waals surface area (Å²) in [6, 6.07) is 7.52. The fraction of sp³-hybridized carbons (Fsp3) is 0.684. The number of hydrogen-bond acceptors (Lipinski definition) is 4. The van der Waals surface area contributed by atoms with E-state index in [1.807, 2.05) is 24.3 Å². The smallest absolute Gasteiger partial charge is 0.119 e. The van der Waals surface area contributed by atoms with Crippen molar-refractivity contribution < 1.29 is 8.95 Å². The third-order valence-electron chi connectivity index (χ3n) is 4.94. The average Bonchev–Trinajstić information content (AvgIpc) is 2.91. The number of nitrogens with zero attached hydrogens (tertiary/aromatic N) is 2. The van der Waals surface area contributed by atoms with Crippen LogP contribution < -0.4 is 4.74 Å². The van der Waals surface area contributed by atoms with Gasteiger partial charge in [-0.05, 0) is 49.1 Å². The van der Waals surface area contributed by atoms with Crippen LogP contribution >= 0.6 is 0 Å². The topological polar surface area (TPSA) is 41.9 Å². The van der Waals surface area contributed by atoms with Gasteiger partial charge in [-0.3, -0.25) is 0 Å². The molecule has 1 aliphatic rings. The van der Waals surface area contributed by atoms with E-state index in [4.69, 9.17) is 4.74 Å². The Balaban J connectivity index is 1.86. The second-order valence-electron chi connectivity index (χ2n) is 7.45. The molecule has 1 aliphatic heterocycles. The van der Waals surface area contributed by atoms with E-state index in [1.54, 1.807) is 13.3 Å². The molecule has 136 valence electrons. The summed E-state index contributed by atoms with van der Waals surface area (Å²) in [6.07, 6.45) is 2.93. The van der Waals surface area contributed by atoms with Crippen molar-refractivity contribution in [3.05, 3.63) is 24.3 Å². The van der Waals surface area contributed by atoms with Gasteiger partial charge < -0.3 is 9.64 Å². The Hall–Kier alpha value is -1.07. The molecule has 24 heavy (non-hydrogen) atoms. The van der Waals surface area contributed by atoms with Crippen LogP contribution in [0.15, 0.2) is 33.5 Å². The Bertz CT molecular complexity index is 633. The molecule has 3 atom stereocenters. The SMILES string of the molecule is CN=S(C)(=O)c1ccc(OCC2CN(CCC(C)C)CC2C)cc1. The molecule has 0 spiro atoms. The lowest BCUT2D eigenvalue weighted by Crippen LogP contribution is -2.24. The predicted octanol–water partition coefficient (Wildman–Crippen LogP) is 3.77. The molecule has 0 saturated carbocycles. The standard InChI is InChI=1S/C19H32N2O2S/c1-15(2)10-11-21-12-16(3)17(13-21)14-23-18-6-8-19(9-7-18)24(5,22)20-4/h6-9,15-17H,10-14H2,1-5H3. The Labute approximate surface area is 147 Å². The lowest BCUT2D eigenvalue weighted by molar-refractivity contribution is 0.223. The summed E-state index contributed by atoms with van der Waals surface area (Å²) < 4.78 is 22.2. The van der Waals surface area contributed by atoms with Gasteiger partial charge in [-0.25, -0.2) is 8.57 Å². The van der Waals surface area contributed by atoms with Crippen LogP contribution in [0.4, 0.5) is 0 Å². The van der Waals surface area contributed by atoms with Gasteiger partial charge in [0.25, 0.3) is 0 Å². The van der Waals surface area contributed by atoms with Crippen LogP contribution in [0, 0.1) is 17.8 Å². The van der Waals surface area contributed by atoms with E-state index in [9.17, 15) is 4.21 Å². The van der Waals surface area contributed by atoms with Crippen LogP contribution in [0.3, 0.4) is 0 Å². The van der Waals surface area contributed by atoms with Crippen molar-refractivity contribution in [2.45, 2.75) is 32.1 Å². The Morgan fingerprint density at radius 1 is 1.29 bits per heavy atom. The van der Waals surface area contributed by atoms with Crippen molar-refractivity contribution in [3.8, 4) is 5.75 Å². The van der Waals surface area contributed by atoms with Crippen LogP contribution in [0.25, 0.3) is 0 Å². The zero-order valence-corrected chi connectivity index (χ0v) is 16.5. The van der Waals surface area contributed by atoms with Crippen molar-refractivity contribution >= 4 is 9.73 Å². The van der Waals surface area contributed by atoms with E-state index in [0.717, 1.165) is 29.7 Å². The summed E-state index contributed by atoms with van der Waals surface area (Å²) in [4.78, 5) is 3.32. The van der Waals surface area contributed by atoms with E-state index < -0.39 is 9.73 Å². The normalized spacial score (nSPS) is 24.1. The zero-order chi connectivity index (χ0) is 17.7. The summed E-state index contributed by atoms with van der Waals surface area (Å²) in [5.74, 6) is 2.86. The minimum absolute atomic E-state index is 0.581. The fourth-order valence-electron chi connectivity index (χ4n) is 3.08. The van der Waals surface area contributed by atoms with Crippen molar-refractivity contribution in [1.82, 2.24) is 4.90 Å². The van der Waals surface area contributed by atoms with E-state index in [-0.39, 0.29) is 0 Å². The molecule has 3 unspecified atom stereocenters. The molecular weight excluding hydrogens is 320 g/mol. The predicted molar refractivity (Wildman–Crippen MR) is 101 cm³/mol. The minimum Gasteiger partial charge on any atom is -0.493 e. The first-order valence-corrected chi connectivity index (χ1v) is 10.8. The molecule has 2 rings (SSSR count). The van der Waals surface area contributed by atoms with Crippen LogP contribution in [-0.2, 0) is 9.73 Å². The van der Waals surface area contributed by atoms with Gasteiger partial charge in [-0.15, -0.1) is 0 Å². The molecular formula is C19H32N2O2S. The molecule has 0 amide bonds. The average molecular weight is 353 g/mol. The highest BCUT2D eigenvalue weighted by Crippen LogP contribution is 2.25. The van der Waals surface area contributed by atoms with Crippen LogP contribution in [0.2, 0.25) is 0 Å². The molecule has 1 aromatic rings. The second kappa shape index (κ2) is 8.34. The van der Waals surface area contributed by atoms with Crippen LogP contribution in [0.5, 0.6) is 5.75 Å². The summed E-state index contributed by atoms with van der Waals surface area (Å²) in [7, 11) is -0.666. The van der Waals surface area contributed by atoms with Crippen molar-refractivity contribution in [3.63, 3.8) is 0 Å². The molecule has 1 aromatic carbocycles. The van der Waals surface area contributed by atoms with Crippen LogP contribution in [-0.4, -0.2) is 48.7 Å². The number of hydrogen-bond donors (Lipinski definition) is 0. The Morgan fingerprint density at radius 3 is 2.54 bits per heavy atom. The van der Waals surface area contributed by atoms with Gasteiger partial charge in [0.15, 0.2) is 0 Å². The lowest BCUT2D eigenvalue weighted by Gasteiger charge is -2.17. The van der Waals surface area contributed by atoms with Gasteiger partial charge in [0, 0.05) is 37.2 Å². The highest BCUT2D eigenvalue weighted by atomic mass is 32.2. The van der Waals surface area contributed by atoms with Crippen LogP contribution in [0.1, 0.15) is 27.2 Å². The number of ether oxygens (including phenoxy) is 1.